The Hall–Kier alpha value is 0.1000. The van der Waals surface area contributed by atoms with Gasteiger partial charge in [-0.3, -0.25) is 0 Å². The van der Waals surface area contributed by atoms with Gasteiger partial charge in [0.2, 0.25) is 0 Å². The minimum absolute atomic E-state index is 0.538. The van der Waals surface area contributed by atoms with Crippen LogP contribution in [0.2, 0.25) is 0 Å². The molecule has 1 aromatic heterocycles. The Labute approximate surface area is 96.8 Å². The third-order valence-electron chi connectivity index (χ3n) is 2.43. The van der Waals surface area contributed by atoms with Gasteiger partial charge in [-0.15, -0.1) is 0 Å². The molecule has 1 aliphatic rings. The number of hydrogen-bond acceptors (Lipinski definition) is 3. The van der Waals surface area contributed by atoms with E-state index in [1.165, 1.54) is 22.9 Å². The molecule has 1 saturated heterocycles. The summed E-state index contributed by atoms with van der Waals surface area (Å²) in [6.45, 7) is 2.74. The van der Waals surface area contributed by atoms with Crippen LogP contribution in [0, 0.1) is 0 Å². The van der Waals surface area contributed by atoms with Crippen LogP contribution in [-0.4, -0.2) is 19.3 Å². The van der Waals surface area contributed by atoms with E-state index in [1.807, 2.05) is 0 Å². The van der Waals surface area contributed by atoms with Gasteiger partial charge in [-0.1, -0.05) is 0 Å². The third kappa shape index (κ3) is 2.79. The van der Waals surface area contributed by atoms with Gasteiger partial charge in [0, 0.05) is 29.0 Å². The van der Waals surface area contributed by atoms with E-state index in [1.54, 1.807) is 11.3 Å². The summed E-state index contributed by atoms with van der Waals surface area (Å²) in [5, 5.41) is 7.82. The Bertz CT molecular complexity index is 283. The van der Waals surface area contributed by atoms with Crippen molar-refractivity contribution < 1.29 is 4.74 Å². The molecule has 2 rings (SSSR count). The molecule has 1 fully saturated rings. The van der Waals surface area contributed by atoms with E-state index in [4.69, 9.17) is 4.74 Å². The summed E-state index contributed by atoms with van der Waals surface area (Å²) in [5.41, 5.74) is 1.35. The Morgan fingerprint density at radius 3 is 3.14 bits per heavy atom. The third-order valence-corrected chi connectivity index (χ3v) is 4.26. The number of hydrogen-bond donors (Lipinski definition) is 1. The van der Waals surface area contributed by atoms with Crippen molar-refractivity contribution in [3.8, 4) is 0 Å². The standard InChI is InChI=1S/C10H14BrNOS/c11-10-7-14-6-8(10)4-12-9-2-1-3-13-5-9/h6-7,9,12H,1-5H2. The fourth-order valence-electron chi connectivity index (χ4n) is 1.59. The SMILES string of the molecule is Brc1cscc1CNC1CCCOC1. The molecule has 4 heteroatoms. The summed E-state index contributed by atoms with van der Waals surface area (Å²) >= 11 is 5.27. The molecule has 2 heterocycles. The van der Waals surface area contributed by atoms with Crippen LogP contribution in [-0.2, 0) is 11.3 Å². The predicted molar refractivity (Wildman–Crippen MR) is 62.7 cm³/mol. The van der Waals surface area contributed by atoms with Crippen LogP contribution in [0.1, 0.15) is 18.4 Å². The van der Waals surface area contributed by atoms with Crippen LogP contribution in [0.15, 0.2) is 15.2 Å². The Morgan fingerprint density at radius 1 is 1.57 bits per heavy atom. The van der Waals surface area contributed by atoms with Gasteiger partial charge >= 0.3 is 0 Å². The fraction of sp³-hybridized carbons (Fsp3) is 0.600. The maximum Gasteiger partial charge on any atom is 0.0619 e. The summed E-state index contributed by atoms with van der Waals surface area (Å²) in [6.07, 6.45) is 2.42. The molecule has 0 aliphatic carbocycles. The molecule has 1 aromatic rings. The maximum absolute atomic E-state index is 5.41. The summed E-state index contributed by atoms with van der Waals surface area (Å²) in [4.78, 5) is 0. The number of ether oxygens (including phenoxy) is 1. The Morgan fingerprint density at radius 2 is 2.50 bits per heavy atom. The highest BCUT2D eigenvalue weighted by Gasteiger charge is 2.13. The zero-order chi connectivity index (χ0) is 9.80. The van der Waals surface area contributed by atoms with Crippen molar-refractivity contribution in [2.75, 3.05) is 13.2 Å². The van der Waals surface area contributed by atoms with E-state index in [0.717, 1.165) is 19.8 Å². The molecule has 14 heavy (non-hydrogen) atoms. The van der Waals surface area contributed by atoms with E-state index in [0.29, 0.717) is 6.04 Å². The molecule has 0 aromatic carbocycles. The van der Waals surface area contributed by atoms with Crippen LogP contribution < -0.4 is 5.32 Å². The molecule has 1 unspecified atom stereocenters. The first-order chi connectivity index (χ1) is 6.86. The second kappa shape index (κ2) is 5.26. The highest BCUT2D eigenvalue weighted by atomic mass is 79.9. The van der Waals surface area contributed by atoms with Gasteiger partial charge < -0.3 is 10.1 Å². The largest absolute Gasteiger partial charge is 0.380 e. The predicted octanol–water partition coefficient (Wildman–Crippen LogP) is 2.78. The van der Waals surface area contributed by atoms with Crippen molar-refractivity contribution in [3.63, 3.8) is 0 Å². The quantitative estimate of drug-likeness (QED) is 0.916. The molecule has 78 valence electrons. The lowest BCUT2D eigenvalue weighted by Gasteiger charge is -2.23. The first-order valence-corrected chi connectivity index (χ1v) is 6.61. The number of halogens is 1. The number of nitrogens with one attached hydrogen (secondary N) is 1. The van der Waals surface area contributed by atoms with Gasteiger partial charge in [0.05, 0.1) is 6.61 Å². The Kier molecular flexibility index (Phi) is 3.99. The van der Waals surface area contributed by atoms with E-state index in [2.05, 4.69) is 32.0 Å². The topological polar surface area (TPSA) is 21.3 Å². The van der Waals surface area contributed by atoms with Gasteiger partial charge in [0.15, 0.2) is 0 Å². The highest BCUT2D eigenvalue weighted by molar-refractivity contribution is 9.10. The van der Waals surface area contributed by atoms with Crippen LogP contribution >= 0.6 is 27.3 Å². The average Bonchev–Trinajstić information content (AvgIpc) is 2.63. The van der Waals surface area contributed by atoms with E-state index >= 15 is 0 Å². The van der Waals surface area contributed by atoms with Crippen LogP contribution in [0.5, 0.6) is 0 Å². The molecule has 2 nitrogen and oxygen atoms in total. The van der Waals surface area contributed by atoms with Crippen molar-refractivity contribution in [1.29, 1.82) is 0 Å². The molecule has 1 aliphatic heterocycles. The highest BCUT2D eigenvalue weighted by Crippen LogP contribution is 2.21. The molecule has 0 spiro atoms. The average molecular weight is 276 g/mol. The molecule has 0 radical (unpaired) electrons. The monoisotopic (exact) mass is 275 g/mol. The molecule has 0 amide bonds. The molecular formula is C10H14BrNOS. The van der Waals surface area contributed by atoms with E-state index in [-0.39, 0.29) is 0 Å². The Balaban J connectivity index is 1.79. The van der Waals surface area contributed by atoms with Gasteiger partial charge in [-0.05, 0) is 39.7 Å². The van der Waals surface area contributed by atoms with Gasteiger partial charge in [-0.2, -0.15) is 11.3 Å². The lowest BCUT2D eigenvalue weighted by molar-refractivity contribution is 0.0699. The molecule has 0 saturated carbocycles. The number of thiophene rings is 1. The van der Waals surface area contributed by atoms with Gasteiger partial charge in [0.1, 0.15) is 0 Å². The van der Waals surface area contributed by atoms with Crippen molar-refractivity contribution in [2.45, 2.75) is 25.4 Å². The van der Waals surface area contributed by atoms with Crippen LogP contribution in [0.25, 0.3) is 0 Å². The second-order valence-corrected chi connectivity index (χ2v) is 5.14. The lowest BCUT2D eigenvalue weighted by Crippen LogP contribution is -2.36. The van der Waals surface area contributed by atoms with Crippen molar-refractivity contribution in [3.05, 3.63) is 20.8 Å². The second-order valence-electron chi connectivity index (χ2n) is 3.54. The first-order valence-electron chi connectivity index (χ1n) is 4.88. The smallest absolute Gasteiger partial charge is 0.0619 e. The van der Waals surface area contributed by atoms with Gasteiger partial charge in [0.25, 0.3) is 0 Å². The van der Waals surface area contributed by atoms with Crippen LogP contribution in [0.4, 0.5) is 0 Å². The zero-order valence-corrected chi connectivity index (χ0v) is 10.4. The van der Waals surface area contributed by atoms with Crippen molar-refractivity contribution in [2.24, 2.45) is 0 Å². The van der Waals surface area contributed by atoms with Gasteiger partial charge in [-0.25, -0.2) is 0 Å². The molecule has 1 N–H and O–H groups in total. The number of rotatable bonds is 3. The molecule has 0 bridgehead atoms. The maximum atomic E-state index is 5.41. The summed E-state index contributed by atoms with van der Waals surface area (Å²) in [7, 11) is 0. The summed E-state index contributed by atoms with van der Waals surface area (Å²) in [6, 6.07) is 0.538. The van der Waals surface area contributed by atoms with E-state index in [9.17, 15) is 0 Å². The summed E-state index contributed by atoms with van der Waals surface area (Å²) in [5.74, 6) is 0. The normalized spacial score (nSPS) is 22.5. The zero-order valence-electron chi connectivity index (χ0n) is 7.96. The van der Waals surface area contributed by atoms with E-state index < -0.39 is 0 Å². The fourth-order valence-corrected chi connectivity index (χ4v) is 3.03. The summed E-state index contributed by atoms with van der Waals surface area (Å²) < 4.78 is 6.63. The molecular weight excluding hydrogens is 262 g/mol. The lowest BCUT2D eigenvalue weighted by atomic mass is 10.1. The first kappa shape index (κ1) is 10.6. The minimum atomic E-state index is 0.538. The van der Waals surface area contributed by atoms with Crippen molar-refractivity contribution in [1.82, 2.24) is 5.32 Å². The van der Waals surface area contributed by atoms with Crippen LogP contribution in [0.3, 0.4) is 0 Å². The minimum Gasteiger partial charge on any atom is -0.380 e. The molecule has 1 atom stereocenters. The van der Waals surface area contributed by atoms with Crippen molar-refractivity contribution >= 4 is 27.3 Å².